The molecule has 2 aliphatic rings. The van der Waals surface area contributed by atoms with E-state index in [1.807, 2.05) is 11.5 Å². The average molecular weight is 497 g/mol. The lowest BCUT2D eigenvalue weighted by molar-refractivity contribution is 0.0652. The van der Waals surface area contributed by atoms with Crippen molar-refractivity contribution in [1.29, 1.82) is 0 Å². The van der Waals surface area contributed by atoms with Gasteiger partial charge in [-0.3, -0.25) is 14.3 Å². The van der Waals surface area contributed by atoms with E-state index in [4.69, 9.17) is 12.2 Å². The van der Waals surface area contributed by atoms with Gasteiger partial charge in [-0.25, -0.2) is 9.37 Å². The molecule has 7 heteroatoms. The van der Waals surface area contributed by atoms with Crippen LogP contribution in [0.2, 0.25) is 0 Å². The van der Waals surface area contributed by atoms with Crippen molar-refractivity contribution in [3.63, 3.8) is 0 Å². The van der Waals surface area contributed by atoms with E-state index in [1.165, 1.54) is 0 Å². The fourth-order valence-corrected chi connectivity index (χ4v) is 6.21. The monoisotopic (exact) mass is 496 g/mol. The molecule has 194 valence electrons. The average Bonchev–Trinajstić information content (AvgIpc) is 3.29. The van der Waals surface area contributed by atoms with Gasteiger partial charge in [-0.1, -0.05) is 25.9 Å². The van der Waals surface area contributed by atoms with Crippen LogP contribution in [0.25, 0.3) is 11.0 Å². The van der Waals surface area contributed by atoms with Gasteiger partial charge in [-0.15, -0.1) is 0 Å². The highest BCUT2D eigenvalue weighted by Gasteiger charge is 2.38. The number of likely N-dealkylation sites (tertiary alicyclic amines) is 1. The van der Waals surface area contributed by atoms with Gasteiger partial charge in [0.25, 0.3) is 5.56 Å². The molecule has 6 nitrogen and oxygen atoms in total. The van der Waals surface area contributed by atoms with Crippen LogP contribution in [0, 0.1) is 31.0 Å². The minimum atomic E-state index is -0.867. The van der Waals surface area contributed by atoms with Gasteiger partial charge < -0.3 is 4.52 Å². The van der Waals surface area contributed by atoms with Crippen LogP contribution in [0.3, 0.4) is 0 Å². The third-order valence-electron chi connectivity index (χ3n) is 8.92. The first kappa shape index (κ1) is 22.6. The minimum absolute atomic E-state index is 0.0613. The maximum Gasteiger partial charge on any atom is 0.257 e. The second-order valence-corrected chi connectivity index (χ2v) is 12.3. The number of halogens is 1. The van der Waals surface area contributed by atoms with Gasteiger partial charge in [0.1, 0.15) is 11.6 Å². The molecule has 2 aromatic heterocycles. The van der Waals surface area contributed by atoms with Crippen molar-refractivity contribution in [1.82, 2.24) is 19.6 Å². The molecule has 2 aliphatic heterocycles. The molecule has 0 amide bonds. The Morgan fingerprint density at radius 2 is 2.00 bits per heavy atom. The number of hydrogen-bond acceptors (Lipinski definition) is 5. The predicted molar refractivity (Wildman–Crippen MR) is 140 cm³/mol. The summed E-state index contributed by atoms with van der Waals surface area (Å²) >= 11 is 0. The van der Waals surface area contributed by atoms with Crippen molar-refractivity contribution in [2.24, 2.45) is 11.3 Å². The topological polar surface area (TPSA) is 64.2 Å². The Labute approximate surface area is 215 Å². The Bertz CT molecular complexity index is 1480. The van der Waals surface area contributed by atoms with Crippen molar-refractivity contribution in [3.8, 4) is 0 Å². The number of nitrogens with zero attached hydrogens (tertiary/aromatic N) is 4. The molecule has 36 heavy (non-hydrogen) atoms. The molecule has 0 aliphatic carbocycles. The standard InChI is InChI=1S/C29H39FN4O2/c1-17-12-21(30)14-23-25(17)26(32-36-23)20-8-10-33(29(6,7)15-20)11-9-22-19(3)31-24-13-18(2)28(4,5)16-34(24)27(22)35/h12,14,18,20H,8-11,13,15-16H2,1-7H3/i12D,14D. The second kappa shape index (κ2) is 8.79. The fraction of sp³-hybridized carbons (Fsp3) is 0.621. The second-order valence-electron chi connectivity index (χ2n) is 12.3. The van der Waals surface area contributed by atoms with Gasteiger partial charge in [-0.2, -0.15) is 0 Å². The molecule has 3 aromatic rings. The van der Waals surface area contributed by atoms with Crippen LogP contribution in [-0.4, -0.2) is 38.2 Å². The molecule has 1 saturated heterocycles. The zero-order valence-electron chi connectivity index (χ0n) is 24.6. The summed E-state index contributed by atoms with van der Waals surface area (Å²) in [6, 6.07) is -0.661. The maximum atomic E-state index is 14.3. The van der Waals surface area contributed by atoms with E-state index < -0.39 is 11.9 Å². The van der Waals surface area contributed by atoms with E-state index in [-0.39, 0.29) is 34.1 Å². The Morgan fingerprint density at radius 1 is 1.25 bits per heavy atom. The van der Waals surface area contributed by atoms with Crippen LogP contribution in [-0.2, 0) is 19.4 Å². The van der Waals surface area contributed by atoms with Crippen LogP contribution in [0.15, 0.2) is 21.4 Å². The van der Waals surface area contributed by atoms with Crippen LogP contribution >= 0.6 is 0 Å². The predicted octanol–water partition coefficient (Wildman–Crippen LogP) is 5.56. The number of aromatic nitrogens is 3. The van der Waals surface area contributed by atoms with Crippen molar-refractivity contribution in [3.05, 3.63) is 56.6 Å². The maximum absolute atomic E-state index is 14.3. The lowest BCUT2D eigenvalue weighted by Gasteiger charge is -2.45. The quantitative estimate of drug-likeness (QED) is 0.473. The van der Waals surface area contributed by atoms with E-state index in [0.717, 1.165) is 55.1 Å². The molecule has 0 N–H and O–H groups in total. The van der Waals surface area contributed by atoms with Gasteiger partial charge in [0.2, 0.25) is 0 Å². The van der Waals surface area contributed by atoms with Gasteiger partial charge in [0.15, 0.2) is 5.58 Å². The van der Waals surface area contributed by atoms with Crippen molar-refractivity contribution >= 4 is 11.0 Å². The van der Waals surface area contributed by atoms with Gasteiger partial charge in [0.05, 0.1) is 8.44 Å². The molecular weight excluding hydrogens is 455 g/mol. The molecule has 2 atom stereocenters. The third kappa shape index (κ3) is 4.29. The van der Waals surface area contributed by atoms with Gasteiger partial charge >= 0.3 is 0 Å². The first-order valence-corrected chi connectivity index (χ1v) is 13.1. The first-order valence-electron chi connectivity index (χ1n) is 14.1. The molecule has 1 fully saturated rings. The summed E-state index contributed by atoms with van der Waals surface area (Å²) < 4.78 is 37.7. The summed E-state index contributed by atoms with van der Waals surface area (Å²) in [6.45, 7) is 17.0. The van der Waals surface area contributed by atoms with E-state index in [0.29, 0.717) is 29.8 Å². The SMILES string of the molecule is [2H]c1c(F)c([2H])c2onc(C3CCN(CCc4c(C)nc5n(c4=O)CC(C)(C)C(C)C5)C(C)(C)C3)c2c1C. The third-order valence-corrected chi connectivity index (χ3v) is 8.92. The van der Waals surface area contributed by atoms with E-state index in [9.17, 15) is 9.18 Å². The lowest BCUT2D eigenvalue weighted by atomic mass is 9.75. The largest absolute Gasteiger partial charge is 0.356 e. The zero-order valence-corrected chi connectivity index (χ0v) is 22.6. The number of benzene rings is 1. The van der Waals surface area contributed by atoms with Crippen LogP contribution in [0.5, 0.6) is 0 Å². The molecule has 0 radical (unpaired) electrons. The summed E-state index contributed by atoms with van der Waals surface area (Å²) in [5.41, 5.74) is 2.97. The summed E-state index contributed by atoms with van der Waals surface area (Å²) in [6.07, 6.45) is 3.11. The number of hydrogen-bond donors (Lipinski definition) is 0. The lowest BCUT2D eigenvalue weighted by Crippen LogP contribution is -2.50. The fourth-order valence-electron chi connectivity index (χ4n) is 6.21. The first-order chi connectivity index (χ1) is 17.7. The molecule has 2 unspecified atom stereocenters. The normalized spacial score (nSPS) is 24.4. The van der Waals surface area contributed by atoms with Crippen LogP contribution in [0.1, 0.15) is 84.5 Å². The highest BCUT2D eigenvalue weighted by molar-refractivity contribution is 5.83. The van der Waals surface area contributed by atoms with Gasteiger partial charge in [0, 0.05) is 53.7 Å². The molecule has 0 saturated carbocycles. The molecular formula is C29H39FN4O2. The highest BCUT2D eigenvalue weighted by Crippen LogP contribution is 2.40. The summed E-state index contributed by atoms with van der Waals surface area (Å²) in [4.78, 5) is 20.8. The minimum Gasteiger partial charge on any atom is -0.356 e. The zero-order chi connectivity index (χ0) is 27.7. The Balaban J connectivity index is 1.36. The van der Waals surface area contributed by atoms with Crippen molar-refractivity contribution in [2.45, 2.75) is 92.2 Å². The summed E-state index contributed by atoms with van der Waals surface area (Å²) in [5, 5.41) is 4.88. The molecule has 5 rings (SSSR count). The van der Waals surface area contributed by atoms with Gasteiger partial charge in [-0.05, 0) is 76.4 Å². The molecule has 0 bridgehead atoms. The Morgan fingerprint density at radius 3 is 2.72 bits per heavy atom. The summed E-state index contributed by atoms with van der Waals surface area (Å²) in [5.74, 6) is 0.596. The number of rotatable bonds is 4. The smallest absolute Gasteiger partial charge is 0.257 e. The number of aryl methyl sites for hydroxylation is 2. The van der Waals surface area contributed by atoms with E-state index in [2.05, 4.69) is 44.7 Å². The molecule has 4 heterocycles. The molecule has 1 aromatic carbocycles. The van der Waals surface area contributed by atoms with Crippen molar-refractivity contribution < 1.29 is 11.7 Å². The number of piperidine rings is 1. The highest BCUT2D eigenvalue weighted by atomic mass is 19.1. The van der Waals surface area contributed by atoms with Crippen LogP contribution < -0.4 is 5.56 Å². The van der Waals surface area contributed by atoms with Crippen molar-refractivity contribution in [2.75, 3.05) is 13.1 Å². The number of fused-ring (bicyclic) bond motifs is 2. The van der Waals surface area contributed by atoms with E-state index >= 15 is 0 Å². The summed E-state index contributed by atoms with van der Waals surface area (Å²) in [7, 11) is 0. The molecule has 0 spiro atoms. The van der Waals surface area contributed by atoms with E-state index in [1.54, 1.807) is 6.92 Å². The van der Waals surface area contributed by atoms with Crippen LogP contribution in [0.4, 0.5) is 4.39 Å². The Hall–Kier alpha value is -2.54. The Kier molecular flexibility index (Phi) is 5.53.